The molecule has 4 rings (SSSR count). The predicted octanol–water partition coefficient (Wildman–Crippen LogP) is 3.46. The number of anilines is 4. The van der Waals surface area contributed by atoms with E-state index in [1.54, 1.807) is 6.20 Å². The first-order chi connectivity index (χ1) is 13.1. The molecule has 0 radical (unpaired) electrons. The molecule has 1 aliphatic rings. The number of benzene rings is 1. The zero-order valence-electron chi connectivity index (χ0n) is 15.9. The van der Waals surface area contributed by atoms with Gasteiger partial charge in [0.2, 0.25) is 5.95 Å². The average Bonchev–Trinajstić information content (AvgIpc) is 3.09. The molecule has 7 heteroatoms. The third kappa shape index (κ3) is 3.72. The van der Waals surface area contributed by atoms with Crippen molar-refractivity contribution in [1.29, 1.82) is 0 Å². The van der Waals surface area contributed by atoms with Gasteiger partial charge in [-0.2, -0.15) is 4.98 Å². The number of hydrogen-bond acceptors (Lipinski definition) is 7. The predicted molar refractivity (Wildman–Crippen MR) is 107 cm³/mol. The summed E-state index contributed by atoms with van der Waals surface area (Å²) in [5.74, 6) is 2.81. The number of nitrogens with zero attached hydrogens (tertiary/aromatic N) is 5. The van der Waals surface area contributed by atoms with Crippen LogP contribution in [-0.2, 0) is 0 Å². The molecule has 1 N–H and O–H groups in total. The first-order valence-corrected chi connectivity index (χ1v) is 9.19. The summed E-state index contributed by atoms with van der Waals surface area (Å²) in [6.45, 7) is 10.0. The van der Waals surface area contributed by atoms with Crippen LogP contribution in [0.25, 0.3) is 0 Å². The highest BCUT2D eigenvalue weighted by Crippen LogP contribution is 2.25. The number of aromatic nitrogens is 3. The Morgan fingerprint density at radius 3 is 2.52 bits per heavy atom. The molecule has 1 aromatic carbocycles. The maximum absolute atomic E-state index is 5.07. The minimum absolute atomic E-state index is 0.526. The quantitative estimate of drug-likeness (QED) is 0.760. The van der Waals surface area contributed by atoms with E-state index in [-0.39, 0.29) is 0 Å². The molecule has 0 atom stereocenters. The number of rotatable bonds is 4. The molecule has 3 heterocycles. The second-order valence-electron chi connectivity index (χ2n) is 6.88. The number of piperazine rings is 1. The Morgan fingerprint density at radius 1 is 1.00 bits per heavy atom. The van der Waals surface area contributed by atoms with Crippen molar-refractivity contribution in [1.82, 2.24) is 15.1 Å². The summed E-state index contributed by atoms with van der Waals surface area (Å²) in [7, 11) is 0. The highest BCUT2D eigenvalue weighted by atomic mass is 16.5. The fourth-order valence-electron chi connectivity index (χ4n) is 3.38. The van der Waals surface area contributed by atoms with Crippen LogP contribution in [0.5, 0.6) is 0 Å². The van der Waals surface area contributed by atoms with Gasteiger partial charge in [0.25, 0.3) is 0 Å². The molecule has 0 aliphatic carbocycles. The molecule has 0 amide bonds. The molecule has 7 nitrogen and oxygen atoms in total. The van der Waals surface area contributed by atoms with Crippen LogP contribution in [0.2, 0.25) is 0 Å². The van der Waals surface area contributed by atoms with Gasteiger partial charge in [0.1, 0.15) is 11.6 Å². The van der Waals surface area contributed by atoms with Crippen molar-refractivity contribution in [3.63, 3.8) is 0 Å². The van der Waals surface area contributed by atoms with E-state index in [0.29, 0.717) is 11.8 Å². The van der Waals surface area contributed by atoms with Crippen molar-refractivity contribution in [3.8, 4) is 0 Å². The van der Waals surface area contributed by atoms with Crippen molar-refractivity contribution in [2.45, 2.75) is 20.8 Å². The Morgan fingerprint density at radius 2 is 1.78 bits per heavy atom. The Labute approximate surface area is 159 Å². The second-order valence-corrected chi connectivity index (χ2v) is 6.88. The zero-order valence-corrected chi connectivity index (χ0v) is 15.9. The number of nitrogens with one attached hydrogen (secondary N) is 1. The van der Waals surface area contributed by atoms with Gasteiger partial charge in [-0.3, -0.25) is 0 Å². The molecular formula is C20H24N6O. The van der Waals surface area contributed by atoms with Crippen molar-refractivity contribution < 1.29 is 4.52 Å². The van der Waals surface area contributed by atoms with E-state index in [1.807, 2.05) is 19.1 Å². The van der Waals surface area contributed by atoms with E-state index in [2.05, 4.69) is 62.3 Å². The number of hydrogen-bond donors (Lipinski definition) is 1. The SMILES string of the molecule is Cc1cc(Nc2nccc(N3CCN(c4cccc(C)c4C)CC3)n2)no1. The van der Waals surface area contributed by atoms with E-state index in [9.17, 15) is 0 Å². The molecule has 0 spiro atoms. The van der Waals surface area contributed by atoms with Gasteiger partial charge in [-0.15, -0.1) is 0 Å². The Kier molecular flexibility index (Phi) is 4.66. The summed E-state index contributed by atoms with van der Waals surface area (Å²) < 4.78 is 5.07. The maximum Gasteiger partial charge on any atom is 0.230 e. The van der Waals surface area contributed by atoms with Gasteiger partial charge in [-0.05, 0) is 44.0 Å². The summed E-state index contributed by atoms with van der Waals surface area (Å²) in [5, 5.41) is 7.01. The first kappa shape index (κ1) is 17.3. The van der Waals surface area contributed by atoms with Gasteiger partial charge < -0.3 is 19.6 Å². The van der Waals surface area contributed by atoms with Crippen LogP contribution in [0.15, 0.2) is 41.1 Å². The largest absolute Gasteiger partial charge is 0.368 e. The normalized spacial score (nSPS) is 14.5. The Bertz CT molecular complexity index is 930. The Hall–Kier alpha value is -3.09. The van der Waals surface area contributed by atoms with Crippen LogP contribution in [0, 0.1) is 20.8 Å². The summed E-state index contributed by atoms with van der Waals surface area (Å²) in [6.07, 6.45) is 1.77. The molecule has 1 saturated heterocycles. The molecule has 27 heavy (non-hydrogen) atoms. The second kappa shape index (κ2) is 7.26. The summed E-state index contributed by atoms with van der Waals surface area (Å²) in [6, 6.07) is 10.3. The fourth-order valence-corrected chi connectivity index (χ4v) is 3.38. The van der Waals surface area contributed by atoms with E-state index in [4.69, 9.17) is 4.52 Å². The summed E-state index contributed by atoms with van der Waals surface area (Å²) in [5.41, 5.74) is 4.04. The molecule has 3 aromatic rings. The molecule has 2 aromatic heterocycles. The third-order valence-corrected chi connectivity index (χ3v) is 5.03. The van der Waals surface area contributed by atoms with Crippen LogP contribution in [0.1, 0.15) is 16.9 Å². The van der Waals surface area contributed by atoms with Crippen molar-refractivity contribution >= 4 is 23.3 Å². The third-order valence-electron chi connectivity index (χ3n) is 5.03. The highest BCUT2D eigenvalue weighted by molar-refractivity contribution is 5.57. The molecule has 0 unspecified atom stereocenters. The lowest BCUT2D eigenvalue weighted by Crippen LogP contribution is -2.47. The minimum Gasteiger partial charge on any atom is -0.368 e. The van der Waals surface area contributed by atoms with Crippen LogP contribution in [0.3, 0.4) is 0 Å². The van der Waals surface area contributed by atoms with Crippen molar-refractivity contribution in [2.75, 3.05) is 41.3 Å². The standard InChI is InChI=1S/C20H24N6O/c1-14-5-4-6-17(16(14)3)25-9-11-26(12-10-25)19-7-8-21-20(23-19)22-18-13-15(2)27-24-18/h4-8,13H,9-12H2,1-3H3,(H,21,22,23,24). The monoisotopic (exact) mass is 364 g/mol. The lowest BCUT2D eigenvalue weighted by atomic mass is 10.1. The van der Waals surface area contributed by atoms with Gasteiger partial charge in [-0.1, -0.05) is 17.3 Å². The van der Waals surface area contributed by atoms with Crippen LogP contribution in [-0.4, -0.2) is 41.3 Å². The van der Waals surface area contributed by atoms with E-state index >= 15 is 0 Å². The van der Waals surface area contributed by atoms with Gasteiger partial charge >= 0.3 is 0 Å². The van der Waals surface area contributed by atoms with Gasteiger partial charge in [0, 0.05) is 44.1 Å². The summed E-state index contributed by atoms with van der Waals surface area (Å²) in [4.78, 5) is 13.7. The van der Waals surface area contributed by atoms with Crippen molar-refractivity contribution in [2.24, 2.45) is 0 Å². The van der Waals surface area contributed by atoms with E-state index < -0.39 is 0 Å². The molecule has 0 saturated carbocycles. The molecule has 0 bridgehead atoms. The molecule has 1 aliphatic heterocycles. The van der Waals surface area contributed by atoms with Crippen LogP contribution < -0.4 is 15.1 Å². The molecule has 1 fully saturated rings. The zero-order chi connectivity index (χ0) is 18.8. The van der Waals surface area contributed by atoms with Crippen LogP contribution in [0.4, 0.5) is 23.3 Å². The lowest BCUT2D eigenvalue weighted by Gasteiger charge is -2.37. The van der Waals surface area contributed by atoms with Crippen molar-refractivity contribution in [3.05, 3.63) is 53.4 Å². The Balaban J connectivity index is 1.43. The first-order valence-electron chi connectivity index (χ1n) is 9.19. The lowest BCUT2D eigenvalue weighted by molar-refractivity contribution is 0.400. The molecular weight excluding hydrogens is 340 g/mol. The van der Waals surface area contributed by atoms with E-state index in [0.717, 1.165) is 37.8 Å². The number of aryl methyl sites for hydroxylation is 2. The smallest absolute Gasteiger partial charge is 0.230 e. The molecule has 140 valence electrons. The maximum atomic E-state index is 5.07. The average molecular weight is 364 g/mol. The fraction of sp³-hybridized carbons (Fsp3) is 0.350. The van der Waals surface area contributed by atoms with Gasteiger partial charge in [-0.25, -0.2) is 4.98 Å². The highest BCUT2D eigenvalue weighted by Gasteiger charge is 2.20. The topological polar surface area (TPSA) is 70.3 Å². The van der Waals surface area contributed by atoms with E-state index in [1.165, 1.54) is 16.8 Å². The van der Waals surface area contributed by atoms with Gasteiger partial charge in [0.05, 0.1) is 0 Å². The van der Waals surface area contributed by atoms with Gasteiger partial charge in [0.15, 0.2) is 5.82 Å². The minimum atomic E-state index is 0.526. The van der Waals surface area contributed by atoms with Crippen LogP contribution >= 0.6 is 0 Å². The summed E-state index contributed by atoms with van der Waals surface area (Å²) >= 11 is 0.